The summed E-state index contributed by atoms with van der Waals surface area (Å²) in [6.07, 6.45) is -3.29. The first-order valence-corrected chi connectivity index (χ1v) is 10.3. The Morgan fingerprint density at radius 3 is 2.74 bits per heavy atom. The lowest BCUT2D eigenvalue weighted by molar-refractivity contribution is -0.188. The zero-order chi connectivity index (χ0) is 24.6. The number of anilines is 1. The topological polar surface area (TPSA) is 183 Å². The van der Waals surface area contributed by atoms with E-state index in [4.69, 9.17) is 26.8 Å². The van der Waals surface area contributed by atoms with Crippen molar-refractivity contribution in [1.82, 2.24) is 19.5 Å². The fourth-order valence-corrected chi connectivity index (χ4v) is 3.93. The summed E-state index contributed by atoms with van der Waals surface area (Å²) >= 11 is 5.84. The number of carbonyl (C=O) groups is 2. The number of nitrogen functional groups attached to an aromatic ring is 1. The molecule has 0 aliphatic carbocycles. The summed E-state index contributed by atoms with van der Waals surface area (Å²) in [6.45, 7) is -0.529. The molecule has 180 valence electrons. The van der Waals surface area contributed by atoms with E-state index in [0.29, 0.717) is 0 Å². The molecule has 0 spiro atoms. The lowest BCUT2D eigenvalue weighted by Gasteiger charge is -2.27. The fraction of sp³-hybridized carbons (Fsp3) is 0.350. The van der Waals surface area contributed by atoms with Crippen LogP contribution in [-0.2, 0) is 25.5 Å². The maximum Gasteiger partial charge on any atom is 0.348 e. The van der Waals surface area contributed by atoms with Crippen LogP contribution in [0.4, 0.5) is 10.2 Å². The van der Waals surface area contributed by atoms with E-state index >= 15 is 0 Å². The average molecular weight is 496 g/mol. The fourth-order valence-electron chi connectivity index (χ4n) is 3.76. The highest BCUT2D eigenvalue weighted by atomic mass is 35.5. The molecule has 3 atom stereocenters. The molecule has 0 radical (unpaired) electrons. The third-order valence-electron chi connectivity index (χ3n) is 5.39. The summed E-state index contributed by atoms with van der Waals surface area (Å²) in [5.74, 6) is -3.67. The van der Waals surface area contributed by atoms with Crippen LogP contribution in [0.15, 0.2) is 30.6 Å². The van der Waals surface area contributed by atoms with E-state index in [9.17, 15) is 29.3 Å². The SMILES string of the molecule is Nc1nc(Cl)nc2c1ncn2C1OC(COC(Cc2cccc(O)c2)(C(=O)O)C(=O)O)CC1F. The standard InChI is InChI=1S/C20H19ClFN5O7/c21-19-25-14(23)13-15(26-19)27(8-24-13)16-12(22)5-11(34-16)7-33-20(17(29)30,18(31)32)6-9-2-1-3-10(28)4-9/h1-4,8,11-12,16,28H,5-7H2,(H,29,30)(H,31,32)(H2,23,25,26). The number of rotatable bonds is 8. The number of phenols is 1. The highest BCUT2D eigenvalue weighted by molar-refractivity contribution is 6.28. The van der Waals surface area contributed by atoms with Crippen molar-refractivity contribution in [1.29, 1.82) is 0 Å². The summed E-state index contributed by atoms with van der Waals surface area (Å²) in [4.78, 5) is 35.7. The molecule has 34 heavy (non-hydrogen) atoms. The number of halogens is 2. The van der Waals surface area contributed by atoms with Gasteiger partial charge in [-0.1, -0.05) is 12.1 Å². The molecule has 1 fully saturated rings. The van der Waals surface area contributed by atoms with Crippen LogP contribution in [0.3, 0.4) is 0 Å². The van der Waals surface area contributed by atoms with Gasteiger partial charge in [-0.2, -0.15) is 9.97 Å². The zero-order valence-corrected chi connectivity index (χ0v) is 18.1. The highest BCUT2D eigenvalue weighted by Crippen LogP contribution is 2.35. The number of hydrogen-bond donors (Lipinski definition) is 4. The number of imidazole rings is 1. The van der Waals surface area contributed by atoms with Crippen molar-refractivity contribution < 1.29 is 38.8 Å². The van der Waals surface area contributed by atoms with Crippen LogP contribution in [0.2, 0.25) is 5.28 Å². The summed E-state index contributed by atoms with van der Waals surface area (Å²) in [5, 5.41) is 28.8. The van der Waals surface area contributed by atoms with Gasteiger partial charge in [0.15, 0.2) is 17.7 Å². The smallest absolute Gasteiger partial charge is 0.348 e. The van der Waals surface area contributed by atoms with E-state index in [1.165, 1.54) is 35.2 Å². The Bertz CT molecular complexity index is 1240. The Kier molecular flexibility index (Phi) is 6.25. The zero-order valence-electron chi connectivity index (χ0n) is 17.3. The largest absolute Gasteiger partial charge is 0.508 e. The van der Waals surface area contributed by atoms with Gasteiger partial charge in [0.25, 0.3) is 5.60 Å². The van der Waals surface area contributed by atoms with Gasteiger partial charge in [-0.05, 0) is 29.3 Å². The van der Waals surface area contributed by atoms with E-state index in [2.05, 4.69) is 15.0 Å². The van der Waals surface area contributed by atoms with E-state index < -0.39 is 49.1 Å². The molecule has 14 heteroatoms. The second-order valence-electron chi connectivity index (χ2n) is 7.70. The molecule has 0 amide bonds. The Balaban J connectivity index is 1.53. The molecule has 1 saturated heterocycles. The number of aromatic hydroxyl groups is 1. The normalized spacial score (nSPS) is 20.6. The van der Waals surface area contributed by atoms with Crippen LogP contribution < -0.4 is 5.73 Å². The van der Waals surface area contributed by atoms with Gasteiger partial charge in [0.05, 0.1) is 19.0 Å². The van der Waals surface area contributed by atoms with Crippen LogP contribution in [0, 0.1) is 0 Å². The summed E-state index contributed by atoms with van der Waals surface area (Å²) < 4.78 is 27.2. The first-order chi connectivity index (χ1) is 16.1. The summed E-state index contributed by atoms with van der Waals surface area (Å²) in [7, 11) is 0. The molecule has 4 rings (SSSR count). The first kappa shape index (κ1) is 23.6. The number of hydrogen-bond acceptors (Lipinski definition) is 9. The number of alkyl halides is 1. The number of ether oxygens (including phenoxy) is 2. The molecule has 1 aromatic carbocycles. The third-order valence-corrected chi connectivity index (χ3v) is 5.56. The lowest BCUT2D eigenvalue weighted by Crippen LogP contribution is -2.52. The van der Waals surface area contributed by atoms with Crippen LogP contribution in [0.5, 0.6) is 5.75 Å². The Morgan fingerprint density at radius 2 is 2.06 bits per heavy atom. The quantitative estimate of drug-likeness (QED) is 0.262. The number of phenolic OH excluding ortho intramolecular Hbond substituents is 1. The van der Waals surface area contributed by atoms with Crippen LogP contribution in [-0.4, -0.2) is 71.3 Å². The number of nitrogens with two attached hydrogens (primary N) is 1. The van der Waals surface area contributed by atoms with E-state index in [0.717, 1.165) is 0 Å². The van der Waals surface area contributed by atoms with Gasteiger partial charge in [-0.15, -0.1) is 0 Å². The van der Waals surface area contributed by atoms with Gasteiger partial charge in [0.1, 0.15) is 17.4 Å². The summed E-state index contributed by atoms with van der Waals surface area (Å²) in [6, 6.07) is 5.47. The van der Waals surface area contributed by atoms with Crippen molar-refractivity contribution in [2.45, 2.75) is 36.9 Å². The van der Waals surface area contributed by atoms with Crippen LogP contribution >= 0.6 is 11.6 Å². The van der Waals surface area contributed by atoms with Gasteiger partial charge in [-0.3, -0.25) is 4.57 Å². The number of carboxylic acids is 2. The number of aromatic nitrogens is 4. The monoisotopic (exact) mass is 495 g/mol. The van der Waals surface area contributed by atoms with E-state index in [-0.39, 0.29) is 40.0 Å². The van der Waals surface area contributed by atoms with Crippen LogP contribution in [0.1, 0.15) is 18.2 Å². The van der Waals surface area contributed by atoms with E-state index in [1.807, 2.05) is 0 Å². The summed E-state index contributed by atoms with van der Waals surface area (Å²) in [5.41, 5.74) is 3.64. The molecule has 3 unspecified atom stereocenters. The number of aliphatic carboxylic acids is 2. The molecule has 3 aromatic rings. The highest BCUT2D eigenvalue weighted by Gasteiger charge is 2.50. The molecule has 2 aromatic heterocycles. The van der Waals surface area contributed by atoms with Gasteiger partial charge in [0.2, 0.25) is 5.28 Å². The molecular weight excluding hydrogens is 477 g/mol. The Morgan fingerprint density at radius 1 is 1.32 bits per heavy atom. The molecular formula is C20H19ClFN5O7. The predicted molar refractivity (Wildman–Crippen MR) is 114 cm³/mol. The second kappa shape index (κ2) is 9.00. The van der Waals surface area contributed by atoms with Crippen molar-refractivity contribution in [2.75, 3.05) is 12.3 Å². The molecule has 5 N–H and O–H groups in total. The molecule has 0 bridgehead atoms. The minimum absolute atomic E-state index is 0.00156. The average Bonchev–Trinajstić information content (AvgIpc) is 3.33. The predicted octanol–water partition coefficient (Wildman–Crippen LogP) is 1.56. The van der Waals surface area contributed by atoms with Crippen molar-refractivity contribution in [3.05, 3.63) is 41.4 Å². The van der Waals surface area contributed by atoms with Gasteiger partial charge in [0, 0.05) is 12.8 Å². The van der Waals surface area contributed by atoms with E-state index in [1.54, 1.807) is 0 Å². The number of benzene rings is 1. The van der Waals surface area contributed by atoms with Gasteiger partial charge < -0.3 is 30.5 Å². The van der Waals surface area contributed by atoms with Crippen molar-refractivity contribution in [2.24, 2.45) is 0 Å². The number of nitrogens with zero attached hydrogens (tertiary/aromatic N) is 4. The van der Waals surface area contributed by atoms with Crippen molar-refractivity contribution in [3.63, 3.8) is 0 Å². The van der Waals surface area contributed by atoms with Crippen molar-refractivity contribution >= 4 is 40.5 Å². The van der Waals surface area contributed by atoms with Crippen LogP contribution in [0.25, 0.3) is 11.2 Å². The van der Waals surface area contributed by atoms with Gasteiger partial charge in [-0.25, -0.2) is 19.0 Å². The number of fused-ring (bicyclic) bond motifs is 1. The third kappa shape index (κ3) is 4.32. The molecule has 3 heterocycles. The molecule has 1 aliphatic heterocycles. The first-order valence-electron chi connectivity index (χ1n) is 9.94. The Labute approximate surface area is 195 Å². The van der Waals surface area contributed by atoms with Gasteiger partial charge >= 0.3 is 11.9 Å². The maximum absolute atomic E-state index is 14.9. The second-order valence-corrected chi connectivity index (χ2v) is 8.04. The lowest BCUT2D eigenvalue weighted by atomic mass is 9.94. The maximum atomic E-state index is 14.9. The minimum Gasteiger partial charge on any atom is -0.508 e. The van der Waals surface area contributed by atoms with Crippen molar-refractivity contribution in [3.8, 4) is 5.75 Å². The number of carboxylic acid groups (broad SMARTS) is 2. The molecule has 1 aliphatic rings. The molecule has 0 saturated carbocycles. The Hall–Kier alpha value is -3.55. The minimum atomic E-state index is -2.68. The molecule has 12 nitrogen and oxygen atoms in total.